The standard InChI is InChI=1S/C11H15NO3/c1-8-4-10(14-2)9(6-12-7-13)11(5-8)15-3/h4-5,7H,6H2,1-3H3,(H,12,13). The van der Waals surface area contributed by atoms with E-state index in [0.29, 0.717) is 13.0 Å². The van der Waals surface area contributed by atoms with E-state index in [-0.39, 0.29) is 0 Å². The topological polar surface area (TPSA) is 47.6 Å². The van der Waals surface area contributed by atoms with E-state index in [1.54, 1.807) is 14.2 Å². The van der Waals surface area contributed by atoms with Gasteiger partial charge in [0.2, 0.25) is 6.41 Å². The molecule has 0 unspecified atom stereocenters. The van der Waals surface area contributed by atoms with Crippen LogP contribution in [0.25, 0.3) is 0 Å². The van der Waals surface area contributed by atoms with Crippen LogP contribution in [0.15, 0.2) is 12.1 Å². The van der Waals surface area contributed by atoms with Crippen molar-refractivity contribution in [3.8, 4) is 11.5 Å². The molecule has 0 spiro atoms. The lowest BCUT2D eigenvalue weighted by Gasteiger charge is -2.13. The molecule has 0 saturated heterocycles. The van der Waals surface area contributed by atoms with Crippen LogP contribution in [0.2, 0.25) is 0 Å². The average Bonchev–Trinajstić information content (AvgIpc) is 2.26. The predicted octanol–water partition coefficient (Wildman–Crippen LogP) is 1.26. The van der Waals surface area contributed by atoms with E-state index in [0.717, 1.165) is 22.6 Å². The van der Waals surface area contributed by atoms with Crippen LogP contribution in [-0.2, 0) is 11.3 Å². The van der Waals surface area contributed by atoms with Crippen LogP contribution in [0.3, 0.4) is 0 Å². The first kappa shape index (κ1) is 11.4. The van der Waals surface area contributed by atoms with Crippen molar-refractivity contribution in [2.24, 2.45) is 0 Å². The number of carbonyl (C=O) groups excluding carboxylic acids is 1. The summed E-state index contributed by atoms with van der Waals surface area (Å²) in [5, 5.41) is 2.59. The fourth-order valence-corrected chi connectivity index (χ4v) is 1.43. The van der Waals surface area contributed by atoms with Crippen molar-refractivity contribution >= 4 is 6.41 Å². The third-order valence-electron chi connectivity index (χ3n) is 2.11. The average molecular weight is 209 g/mol. The van der Waals surface area contributed by atoms with E-state index >= 15 is 0 Å². The summed E-state index contributed by atoms with van der Waals surface area (Å²) in [6.45, 7) is 2.36. The Labute approximate surface area is 89.2 Å². The van der Waals surface area contributed by atoms with Crippen molar-refractivity contribution in [3.05, 3.63) is 23.3 Å². The Morgan fingerprint density at radius 3 is 2.20 bits per heavy atom. The number of carbonyl (C=O) groups is 1. The summed E-state index contributed by atoms with van der Waals surface area (Å²) in [6.07, 6.45) is 0.652. The molecule has 0 aliphatic carbocycles. The van der Waals surface area contributed by atoms with Gasteiger partial charge in [-0.25, -0.2) is 0 Å². The fourth-order valence-electron chi connectivity index (χ4n) is 1.43. The van der Waals surface area contributed by atoms with Gasteiger partial charge in [0.1, 0.15) is 11.5 Å². The minimum absolute atomic E-state index is 0.399. The van der Waals surface area contributed by atoms with Crippen molar-refractivity contribution < 1.29 is 14.3 Å². The van der Waals surface area contributed by atoms with Gasteiger partial charge in [0.15, 0.2) is 0 Å². The molecule has 0 aliphatic heterocycles. The molecule has 0 heterocycles. The van der Waals surface area contributed by atoms with Crippen LogP contribution in [0.1, 0.15) is 11.1 Å². The predicted molar refractivity (Wildman–Crippen MR) is 57.2 cm³/mol. The molecule has 1 aromatic carbocycles. The molecule has 0 radical (unpaired) electrons. The van der Waals surface area contributed by atoms with Gasteiger partial charge in [0.05, 0.1) is 19.8 Å². The molecule has 0 saturated carbocycles. The van der Waals surface area contributed by atoms with Crippen LogP contribution >= 0.6 is 0 Å². The van der Waals surface area contributed by atoms with E-state index < -0.39 is 0 Å². The lowest BCUT2D eigenvalue weighted by Crippen LogP contribution is -2.12. The van der Waals surface area contributed by atoms with Crippen molar-refractivity contribution in [3.63, 3.8) is 0 Å². The SMILES string of the molecule is COc1cc(C)cc(OC)c1CNC=O. The quantitative estimate of drug-likeness (QED) is 0.743. The molecule has 4 nitrogen and oxygen atoms in total. The van der Waals surface area contributed by atoms with Gasteiger partial charge >= 0.3 is 0 Å². The first-order chi connectivity index (χ1) is 7.22. The molecule has 0 aromatic heterocycles. The first-order valence-corrected chi connectivity index (χ1v) is 4.61. The Hall–Kier alpha value is -1.71. The summed E-state index contributed by atoms with van der Waals surface area (Å²) < 4.78 is 10.5. The third kappa shape index (κ3) is 2.62. The molecule has 0 bridgehead atoms. The van der Waals surface area contributed by atoms with E-state index in [2.05, 4.69) is 5.32 Å². The number of methoxy groups -OCH3 is 2. The summed E-state index contributed by atoms with van der Waals surface area (Å²) in [5.41, 5.74) is 1.90. The zero-order valence-corrected chi connectivity index (χ0v) is 9.16. The Morgan fingerprint density at radius 1 is 1.27 bits per heavy atom. The molecule has 15 heavy (non-hydrogen) atoms. The summed E-state index contributed by atoms with van der Waals surface area (Å²) >= 11 is 0. The van der Waals surface area contributed by atoms with E-state index in [1.807, 2.05) is 19.1 Å². The minimum Gasteiger partial charge on any atom is -0.496 e. The lowest BCUT2D eigenvalue weighted by atomic mass is 10.1. The highest BCUT2D eigenvalue weighted by molar-refractivity contribution is 5.51. The van der Waals surface area contributed by atoms with Gasteiger partial charge in [-0.15, -0.1) is 0 Å². The van der Waals surface area contributed by atoms with E-state index in [4.69, 9.17) is 9.47 Å². The molecule has 4 heteroatoms. The molecule has 1 N–H and O–H groups in total. The number of benzene rings is 1. The van der Waals surface area contributed by atoms with Gasteiger partial charge in [-0.05, 0) is 24.6 Å². The molecule has 82 valence electrons. The second kappa shape index (κ2) is 5.24. The second-order valence-corrected chi connectivity index (χ2v) is 3.15. The lowest BCUT2D eigenvalue weighted by molar-refractivity contribution is -0.109. The molecule has 0 aliphatic rings. The largest absolute Gasteiger partial charge is 0.496 e. The number of aryl methyl sites for hydroxylation is 1. The number of hydrogen-bond donors (Lipinski definition) is 1. The van der Waals surface area contributed by atoms with Crippen molar-refractivity contribution in [2.75, 3.05) is 14.2 Å². The van der Waals surface area contributed by atoms with E-state index in [1.165, 1.54) is 0 Å². The number of hydrogen-bond acceptors (Lipinski definition) is 3. The molecule has 1 aromatic rings. The van der Waals surface area contributed by atoms with Crippen LogP contribution in [0.4, 0.5) is 0 Å². The van der Waals surface area contributed by atoms with Crippen LogP contribution in [0, 0.1) is 6.92 Å². The van der Waals surface area contributed by atoms with Crippen molar-refractivity contribution in [1.82, 2.24) is 5.32 Å². The maximum Gasteiger partial charge on any atom is 0.207 e. The smallest absolute Gasteiger partial charge is 0.207 e. The molecule has 1 amide bonds. The van der Waals surface area contributed by atoms with Gasteiger partial charge in [-0.2, -0.15) is 0 Å². The Balaban J connectivity index is 3.11. The fraction of sp³-hybridized carbons (Fsp3) is 0.364. The van der Waals surface area contributed by atoms with Gasteiger partial charge in [0, 0.05) is 6.54 Å². The molecule has 0 fully saturated rings. The number of ether oxygens (including phenoxy) is 2. The van der Waals surface area contributed by atoms with Crippen LogP contribution in [0.5, 0.6) is 11.5 Å². The maximum atomic E-state index is 10.3. The van der Waals surface area contributed by atoms with Crippen LogP contribution in [-0.4, -0.2) is 20.6 Å². The number of nitrogens with one attached hydrogen (secondary N) is 1. The van der Waals surface area contributed by atoms with Crippen molar-refractivity contribution in [2.45, 2.75) is 13.5 Å². The Bertz CT molecular complexity index is 325. The number of rotatable bonds is 5. The molecular weight excluding hydrogens is 194 g/mol. The second-order valence-electron chi connectivity index (χ2n) is 3.15. The highest BCUT2D eigenvalue weighted by Gasteiger charge is 2.10. The van der Waals surface area contributed by atoms with E-state index in [9.17, 15) is 4.79 Å². The molecule has 1 rings (SSSR count). The maximum absolute atomic E-state index is 10.3. The normalized spacial score (nSPS) is 9.53. The van der Waals surface area contributed by atoms with Crippen LogP contribution < -0.4 is 14.8 Å². The summed E-state index contributed by atoms with van der Waals surface area (Å²) in [4.78, 5) is 10.3. The summed E-state index contributed by atoms with van der Waals surface area (Å²) in [6, 6.07) is 3.81. The minimum atomic E-state index is 0.399. The third-order valence-corrected chi connectivity index (χ3v) is 2.11. The summed E-state index contributed by atoms with van der Waals surface area (Å²) in [7, 11) is 3.19. The van der Waals surface area contributed by atoms with Gasteiger partial charge < -0.3 is 14.8 Å². The first-order valence-electron chi connectivity index (χ1n) is 4.61. The number of amides is 1. The summed E-state index contributed by atoms with van der Waals surface area (Å²) in [5.74, 6) is 1.45. The molecule has 0 atom stereocenters. The Kier molecular flexibility index (Phi) is 3.97. The zero-order chi connectivity index (χ0) is 11.3. The Morgan fingerprint density at radius 2 is 1.80 bits per heavy atom. The highest BCUT2D eigenvalue weighted by atomic mass is 16.5. The highest BCUT2D eigenvalue weighted by Crippen LogP contribution is 2.29. The van der Waals surface area contributed by atoms with Crippen molar-refractivity contribution in [1.29, 1.82) is 0 Å². The van der Waals surface area contributed by atoms with Gasteiger partial charge in [-0.1, -0.05) is 0 Å². The van der Waals surface area contributed by atoms with Gasteiger partial charge in [0.25, 0.3) is 0 Å². The zero-order valence-electron chi connectivity index (χ0n) is 9.16. The molecular formula is C11H15NO3. The van der Waals surface area contributed by atoms with Gasteiger partial charge in [-0.3, -0.25) is 4.79 Å². The monoisotopic (exact) mass is 209 g/mol.